The minimum absolute atomic E-state index is 0.534. The molecule has 0 bridgehead atoms. The van der Waals surface area contributed by atoms with Crippen molar-refractivity contribution in [1.82, 2.24) is 20.1 Å². The summed E-state index contributed by atoms with van der Waals surface area (Å²) in [4.78, 5) is 4.88. The van der Waals surface area contributed by atoms with E-state index in [1.165, 1.54) is 44.3 Å². The third kappa shape index (κ3) is 2.18. The van der Waals surface area contributed by atoms with Gasteiger partial charge in [0.05, 0.1) is 0 Å². The van der Waals surface area contributed by atoms with Gasteiger partial charge in [-0.05, 0) is 32.7 Å². The largest absolute Gasteiger partial charge is 0.314 e. The first-order chi connectivity index (χ1) is 8.75. The molecule has 3 rings (SSSR count). The fourth-order valence-corrected chi connectivity index (χ4v) is 3.49. The van der Waals surface area contributed by atoms with Gasteiger partial charge >= 0.3 is 0 Å². The Labute approximate surface area is 109 Å². The molecular formula is C14H24N4. The van der Waals surface area contributed by atoms with Crippen LogP contribution in [0.25, 0.3) is 0 Å². The molecule has 1 saturated heterocycles. The monoisotopic (exact) mass is 248 g/mol. The second-order valence-electron chi connectivity index (χ2n) is 5.92. The first-order valence-electron chi connectivity index (χ1n) is 7.40. The number of rotatable bonds is 2. The van der Waals surface area contributed by atoms with Crippen LogP contribution in [0.3, 0.4) is 0 Å². The van der Waals surface area contributed by atoms with Crippen LogP contribution in [0.4, 0.5) is 0 Å². The highest BCUT2D eigenvalue weighted by atomic mass is 15.3. The van der Waals surface area contributed by atoms with E-state index in [1.54, 1.807) is 0 Å². The molecule has 1 saturated carbocycles. The predicted molar refractivity (Wildman–Crippen MR) is 71.7 cm³/mol. The normalized spacial score (nSPS) is 29.9. The molecule has 1 N–H and O–H groups in total. The molecule has 18 heavy (non-hydrogen) atoms. The number of aromatic nitrogens is 3. The summed E-state index contributed by atoms with van der Waals surface area (Å²) in [5.41, 5.74) is 0. The molecular weight excluding hydrogens is 224 g/mol. The van der Waals surface area contributed by atoms with E-state index in [4.69, 9.17) is 10.1 Å². The lowest BCUT2D eigenvalue weighted by atomic mass is 9.89. The molecule has 1 aromatic rings. The smallest absolute Gasteiger partial charge is 0.154 e. The fourth-order valence-electron chi connectivity index (χ4n) is 3.49. The van der Waals surface area contributed by atoms with Gasteiger partial charge in [0.15, 0.2) is 5.82 Å². The van der Waals surface area contributed by atoms with Gasteiger partial charge in [0.2, 0.25) is 0 Å². The van der Waals surface area contributed by atoms with Gasteiger partial charge in [0.25, 0.3) is 0 Å². The van der Waals surface area contributed by atoms with Crippen LogP contribution in [0.2, 0.25) is 0 Å². The van der Waals surface area contributed by atoms with Crippen LogP contribution in [0.15, 0.2) is 0 Å². The van der Waals surface area contributed by atoms with Gasteiger partial charge in [-0.15, -0.1) is 0 Å². The first kappa shape index (κ1) is 12.2. The molecule has 1 aliphatic carbocycles. The third-order valence-electron chi connectivity index (χ3n) is 4.64. The van der Waals surface area contributed by atoms with Gasteiger partial charge in [-0.25, -0.2) is 4.98 Å². The summed E-state index contributed by atoms with van der Waals surface area (Å²) in [6.07, 6.45) is 7.83. The minimum Gasteiger partial charge on any atom is -0.314 e. The molecule has 2 unspecified atom stereocenters. The first-order valence-corrected chi connectivity index (χ1v) is 7.40. The van der Waals surface area contributed by atoms with Crippen molar-refractivity contribution in [3.63, 3.8) is 0 Å². The Hall–Kier alpha value is -0.900. The highest BCUT2D eigenvalue weighted by Crippen LogP contribution is 2.32. The van der Waals surface area contributed by atoms with E-state index in [2.05, 4.69) is 19.3 Å². The Bertz CT molecular complexity index is 406. The maximum absolute atomic E-state index is 4.88. The molecule has 0 aromatic carbocycles. The SMILES string of the molecule is CC1NCCC1c1nc(C2CCCCC2)nn1C. The number of hydrogen-bond donors (Lipinski definition) is 1. The lowest BCUT2D eigenvalue weighted by molar-refractivity contribution is 0.427. The zero-order valence-electron chi connectivity index (χ0n) is 11.5. The highest BCUT2D eigenvalue weighted by molar-refractivity contribution is 5.09. The molecule has 0 spiro atoms. The van der Waals surface area contributed by atoms with Gasteiger partial charge in [-0.2, -0.15) is 5.10 Å². The lowest BCUT2D eigenvalue weighted by Crippen LogP contribution is -2.23. The van der Waals surface area contributed by atoms with Crippen LogP contribution in [-0.4, -0.2) is 27.4 Å². The second kappa shape index (κ2) is 5.00. The Morgan fingerprint density at radius 3 is 2.61 bits per heavy atom. The molecule has 4 nitrogen and oxygen atoms in total. The van der Waals surface area contributed by atoms with Crippen molar-refractivity contribution in [2.24, 2.45) is 7.05 Å². The van der Waals surface area contributed by atoms with Crippen molar-refractivity contribution in [1.29, 1.82) is 0 Å². The number of aryl methyl sites for hydroxylation is 1. The molecule has 2 heterocycles. The van der Waals surface area contributed by atoms with E-state index in [9.17, 15) is 0 Å². The van der Waals surface area contributed by atoms with Crippen molar-refractivity contribution in [2.45, 2.75) is 63.3 Å². The predicted octanol–water partition coefficient (Wildman–Crippen LogP) is 2.33. The molecule has 2 fully saturated rings. The van der Waals surface area contributed by atoms with Gasteiger partial charge in [0.1, 0.15) is 5.82 Å². The topological polar surface area (TPSA) is 42.7 Å². The van der Waals surface area contributed by atoms with Gasteiger partial charge in [0, 0.05) is 24.9 Å². The number of hydrogen-bond acceptors (Lipinski definition) is 3. The maximum atomic E-state index is 4.88. The van der Waals surface area contributed by atoms with Crippen molar-refractivity contribution in [3.05, 3.63) is 11.6 Å². The second-order valence-corrected chi connectivity index (χ2v) is 5.92. The molecule has 0 radical (unpaired) electrons. The molecule has 0 amide bonds. The Morgan fingerprint density at radius 2 is 1.94 bits per heavy atom. The Kier molecular flexibility index (Phi) is 3.37. The van der Waals surface area contributed by atoms with E-state index in [0.717, 1.165) is 12.4 Å². The summed E-state index contributed by atoms with van der Waals surface area (Å²) in [5.74, 6) is 3.45. The van der Waals surface area contributed by atoms with Crippen LogP contribution < -0.4 is 5.32 Å². The quantitative estimate of drug-likeness (QED) is 0.873. The molecule has 4 heteroatoms. The van der Waals surface area contributed by atoms with Crippen molar-refractivity contribution < 1.29 is 0 Å². The summed E-state index contributed by atoms with van der Waals surface area (Å²) < 4.78 is 2.03. The zero-order chi connectivity index (χ0) is 12.5. The molecule has 100 valence electrons. The third-order valence-corrected chi connectivity index (χ3v) is 4.64. The summed E-state index contributed by atoms with van der Waals surface area (Å²) in [6, 6.07) is 0.534. The van der Waals surface area contributed by atoms with Crippen LogP contribution in [-0.2, 0) is 7.05 Å². The molecule has 1 aliphatic heterocycles. The Morgan fingerprint density at radius 1 is 1.17 bits per heavy atom. The van der Waals surface area contributed by atoms with Crippen molar-refractivity contribution in [3.8, 4) is 0 Å². The summed E-state index contributed by atoms with van der Waals surface area (Å²) in [5, 5.41) is 8.19. The van der Waals surface area contributed by atoms with E-state index < -0.39 is 0 Å². The Balaban J connectivity index is 1.81. The van der Waals surface area contributed by atoms with Crippen LogP contribution in [0, 0.1) is 0 Å². The van der Waals surface area contributed by atoms with Crippen LogP contribution in [0.5, 0.6) is 0 Å². The maximum Gasteiger partial charge on any atom is 0.154 e. The lowest BCUT2D eigenvalue weighted by Gasteiger charge is -2.18. The van der Waals surface area contributed by atoms with Gasteiger partial charge < -0.3 is 5.32 Å². The van der Waals surface area contributed by atoms with Gasteiger partial charge in [-0.1, -0.05) is 19.3 Å². The summed E-state index contributed by atoms with van der Waals surface area (Å²) >= 11 is 0. The van der Waals surface area contributed by atoms with E-state index in [1.807, 2.05) is 4.68 Å². The number of nitrogens with zero attached hydrogens (tertiary/aromatic N) is 3. The van der Waals surface area contributed by atoms with Crippen molar-refractivity contribution in [2.75, 3.05) is 6.54 Å². The molecule has 2 atom stereocenters. The van der Waals surface area contributed by atoms with Gasteiger partial charge in [-0.3, -0.25) is 4.68 Å². The van der Waals surface area contributed by atoms with Crippen LogP contribution in [0.1, 0.15) is 68.9 Å². The fraction of sp³-hybridized carbons (Fsp3) is 0.857. The summed E-state index contributed by atoms with van der Waals surface area (Å²) in [6.45, 7) is 3.37. The van der Waals surface area contributed by atoms with Crippen molar-refractivity contribution >= 4 is 0 Å². The summed E-state index contributed by atoms with van der Waals surface area (Å²) in [7, 11) is 2.06. The standard InChI is InChI=1S/C14H24N4/c1-10-12(8-9-15-10)14-16-13(17-18(14)2)11-6-4-3-5-7-11/h10-12,15H,3-9H2,1-2H3. The van der Waals surface area contributed by atoms with E-state index in [0.29, 0.717) is 17.9 Å². The number of nitrogens with one attached hydrogen (secondary N) is 1. The van der Waals surface area contributed by atoms with E-state index >= 15 is 0 Å². The highest BCUT2D eigenvalue weighted by Gasteiger charge is 2.30. The van der Waals surface area contributed by atoms with Crippen LogP contribution >= 0.6 is 0 Å². The molecule has 2 aliphatic rings. The molecule has 1 aromatic heterocycles. The van der Waals surface area contributed by atoms with E-state index in [-0.39, 0.29) is 0 Å². The average molecular weight is 248 g/mol. The minimum atomic E-state index is 0.534. The average Bonchev–Trinajstić information content (AvgIpc) is 2.96. The zero-order valence-corrected chi connectivity index (χ0v) is 11.5.